The maximum absolute atomic E-state index is 12.6. The van der Waals surface area contributed by atoms with E-state index in [2.05, 4.69) is 5.32 Å². The van der Waals surface area contributed by atoms with E-state index in [-0.39, 0.29) is 25.6 Å². The first-order chi connectivity index (χ1) is 18.4. The van der Waals surface area contributed by atoms with Gasteiger partial charge >= 0.3 is 0 Å². The molecule has 0 aromatic rings. The van der Waals surface area contributed by atoms with E-state index in [0.717, 1.165) is 0 Å². The number of hydrogen-bond acceptors (Lipinski definition) is 16. The zero-order valence-electron chi connectivity index (χ0n) is 21.5. The van der Waals surface area contributed by atoms with Gasteiger partial charge in [-0.15, -0.1) is 0 Å². The molecule has 1 saturated carbocycles. The van der Waals surface area contributed by atoms with Crippen LogP contribution in [0.2, 0.25) is 0 Å². The van der Waals surface area contributed by atoms with Crippen LogP contribution in [0.4, 0.5) is 0 Å². The van der Waals surface area contributed by atoms with E-state index in [4.69, 9.17) is 47.6 Å². The molecule has 0 radical (unpaired) electrons. The highest BCUT2D eigenvalue weighted by molar-refractivity contribution is 5.81. The Morgan fingerprint density at radius 1 is 0.897 bits per heavy atom. The van der Waals surface area contributed by atoms with Gasteiger partial charge in [-0.05, 0) is 25.8 Å². The number of aliphatic hydroxyl groups excluding tert-OH is 6. The molecule has 228 valence electrons. The zero-order chi connectivity index (χ0) is 29.0. The van der Waals surface area contributed by atoms with E-state index in [0.29, 0.717) is 12.8 Å². The first-order valence-corrected chi connectivity index (χ1v) is 13.0. The van der Waals surface area contributed by atoms with Crippen molar-refractivity contribution in [2.45, 2.75) is 111 Å². The van der Waals surface area contributed by atoms with E-state index >= 15 is 0 Å². The lowest BCUT2D eigenvalue weighted by Crippen LogP contribution is -2.74. The van der Waals surface area contributed by atoms with Crippen molar-refractivity contribution < 1.29 is 54.4 Å². The van der Waals surface area contributed by atoms with Crippen LogP contribution in [0, 0.1) is 0 Å². The number of nitrogens with two attached hydrogens (primary N) is 5. The Morgan fingerprint density at radius 2 is 1.56 bits per heavy atom. The van der Waals surface area contributed by atoms with Gasteiger partial charge in [-0.1, -0.05) is 0 Å². The molecule has 17 N–H and O–H groups in total. The van der Waals surface area contributed by atoms with Gasteiger partial charge in [0.1, 0.15) is 42.7 Å². The summed E-state index contributed by atoms with van der Waals surface area (Å²) >= 11 is 0. The van der Waals surface area contributed by atoms with Crippen LogP contribution in [0.25, 0.3) is 0 Å². The molecule has 3 rings (SSSR count). The number of aliphatic hydroxyl groups is 6. The van der Waals surface area contributed by atoms with Crippen LogP contribution in [0.3, 0.4) is 0 Å². The van der Waals surface area contributed by atoms with Crippen molar-refractivity contribution >= 4 is 5.91 Å². The monoisotopic (exact) mass is 568 g/mol. The topological polar surface area (TPSA) is 318 Å². The molecule has 3 fully saturated rings. The second kappa shape index (κ2) is 14.2. The minimum Gasteiger partial charge on any atom is -0.394 e. The van der Waals surface area contributed by atoms with Crippen LogP contribution in [0.1, 0.15) is 19.3 Å². The van der Waals surface area contributed by atoms with Gasteiger partial charge in [-0.3, -0.25) is 4.79 Å². The normalized spacial score (nSPS) is 46.0. The third-order valence-electron chi connectivity index (χ3n) is 7.50. The predicted octanol–water partition coefficient (Wildman–Crippen LogP) is -7.43. The number of amides is 1. The summed E-state index contributed by atoms with van der Waals surface area (Å²) in [5.41, 5.74) is 29.4. The fourth-order valence-electron chi connectivity index (χ4n) is 5.03. The van der Waals surface area contributed by atoms with Crippen LogP contribution in [-0.4, -0.2) is 148 Å². The van der Waals surface area contributed by atoms with Crippen molar-refractivity contribution in [3.63, 3.8) is 0 Å². The maximum Gasteiger partial charge on any atom is 0.249 e. The Kier molecular flexibility index (Phi) is 11.8. The molecule has 3 aliphatic rings. The fourth-order valence-corrected chi connectivity index (χ4v) is 5.03. The summed E-state index contributed by atoms with van der Waals surface area (Å²) < 4.78 is 23.0. The standard InChI is InChI=1S/C22H44N6O11/c23-4-3-9(30)20(35)28-13-15(32)12(27)18(38-21-8(25)2-1-7(5-24)36-21)17(34)19(13)39-22-16(33)11(26)14(31)10(6-29)37-22/h7-19,21-22,29-34H,1-6,23-27H2,(H,28,35)/t7-,8?,9+,10?,11?,12-,13?,14+,15+,16?,17?,18?,19-,21+,22+/m0/s1. The predicted molar refractivity (Wildman–Crippen MR) is 132 cm³/mol. The van der Waals surface area contributed by atoms with Gasteiger partial charge in [-0.2, -0.15) is 0 Å². The van der Waals surface area contributed by atoms with E-state index in [1.807, 2.05) is 0 Å². The molecule has 17 heteroatoms. The molecule has 0 aromatic heterocycles. The van der Waals surface area contributed by atoms with Gasteiger partial charge in [-0.25, -0.2) is 0 Å². The molecule has 7 unspecified atom stereocenters. The molecule has 2 saturated heterocycles. The lowest BCUT2D eigenvalue weighted by atomic mass is 9.81. The van der Waals surface area contributed by atoms with E-state index in [9.17, 15) is 35.4 Å². The molecule has 39 heavy (non-hydrogen) atoms. The van der Waals surface area contributed by atoms with Gasteiger partial charge < -0.3 is 83.6 Å². The molecular weight excluding hydrogens is 524 g/mol. The molecule has 2 heterocycles. The SMILES string of the molecule is NCC[C@@H](O)C(=O)NC1[C@H](O[C@H]2OC(CO)[C@@H](O)C(N)C2O)C(O)C(O[C@H]2O[C@H](CN)CCC2N)[C@@H](N)[C@H]1O. The third kappa shape index (κ3) is 7.21. The van der Waals surface area contributed by atoms with Crippen molar-refractivity contribution in [2.75, 3.05) is 19.7 Å². The average Bonchev–Trinajstić information content (AvgIpc) is 2.92. The molecule has 17 nitrogen and oxygen atoms in total. The number of rotatable bonds is 10. The molecule has 1 amide bonds. The van der Waals surface area contributed by atoms with Crippen molar-refractivity contribution in [1.82, 2.24) is 5.32 Å². The Balaban J connectivity index is 1.88. The highest BCUT2D eigenvalue weighted by Gasteiger charge is 2.54. The molecular formula is C22H44N6O11. The number of nitrogens with one attached hydrogen (secondary N) is 1. The molecule has 0 spiro atoms. The second-order valence-corrected chi connectivity index (χ2v) is 10.3. The summed E-state index contributed by atoms with van der Waals surface area (Å²) in [5.74, 6) is -0.925. The molecule has 0 bridgehead atoms. The lowest BCUT2D eigenvalue weighted by Gasteiger charge is -2.50. The third-order valence-corrected chi connectivity index (χ3v) is 7.50. The highest BCUT2D eigenvalue weighted by atomic mass is 16.7. The van der Waals surface area contributed by atoms with E-state index in [1.54, 1.807) is 0 Å². The van der Waals surface area contributed by atoms with E-state index < -0.39 is 98.1 Å². The summed E-state index contributed by atoms with van der Waals surface area (Å²) in [7, 11) is 0. The largest absolute Gasteiger partial charge is 0.394 e. The van der Waals surface area contributed by atoms with Crippen molar-refractivity contribution in [2.24, 2.45) is 28.7 Å². The summed E-state index contributed by atoms with van der Waals surface area (Å²) in [4.78, 5) is 12.6. The first-order valence-electron chi connectivity index (χ1n) is 13.0. The number of ether oxygens (including phenoxy) is 4. The lowest BCUT2D eigenvalue weighted by molar-refractivity contribution is -0.319. The highest BCUT2D eigenvalue weighted by Crippen LogP contribution is 2.31. The van der Waals surface area contributed by atoms with Crippen molar-refractivity contribution in [3.05, 3.63) is 0 Å². The smallest absolute Gasteiger partial charge is 0.249 e. The Labute approximate surface area is 225 Å². The fraction of sp³-hybridized carbons (Fsp3) is 0.955. The van der Waals surface area contributed by atoms with Gasteiger partial charge in [0.25, 0.3) is 0 Å². The zero-order valence-corrected chi connectivity index (χ0v) is 21.5. The Bertz CT molecular complexity index is 787. The molecule has 0 aromatic carbocycles. The van der Waals surface area contributed by atoms with Gasteiger partial charge in [0, 0.05) is 6.54 Å². The summed E-state index contributed by atoms with van der Waals surface area (Å²) in [5, 5.41) is 65.3. The van der Waals surface area contributed by atoms with E-state index in [1.165, 1.54) is 0 Å². The number of carbonyl (C=O) groups excluding carboxylic acids is 1. The van der Waals surface area contributed by atoms with Crippen LogP contribution < -0.4 is 34.0 Å². The summed E-state index contributed by atoms with van der Waals surface area (Å²) in [6.07, 6.45) is -14.1. The Hall–Kier alpha value is -1.13. The van der Waals surface area contributed by atoms with Crippen molar-refractivity contribution in [1.29, 1.82) is 0 Å². The van der Waals surface area contributed by atoms with Crippen molar-refractivity contribution in [3.8, 4) is 0 Å². The number of carbonyl (C=O) groups is 1. The van der Waals surface area contributed by atoms with Gasteiger partial charge in [0.2, 0.25) is 5.91 Å². The van der Waals surface area contributed by atoms with Gasteiger partial charge in [0.05, 0.1) is 43.0 Å². The van der Waals surface area contributed by atoms with Crippen LogP contribution in [-0.2, 0) is 23.7 Å². The van der Waals surface area contributed by atoms with Crippen LogP contribution in [0.5, 0.6) is 0 Å². The minimum absolute atomic E-state index is 0.00387. The molecule has 1 aliphatic carbocycles. The maximum atomic E-state index is 12.6. The minimum atomic E-state index is -1.68. The number of hydrogen-bond donors (Lipinski definition) is 12. The first kappa shape index (κ1) is 32.4. The molecule has 2 aliphatic heterocycles. The van der Waals surface area contributed by atoms with Crippen LogP contribution in [0.15, 0.2) is 0 Å². The Morgan fingerprint density at radius 3 is 2.18 bits per heavy atom. The summed E-state index contributed by atoms with van der Waals surface area (Å²) in [6.45, 7) is -0.469. The van der Waals surface area contributed by atoms with Crippen LogP contribution >= 0.6 is 0 Å². The molecule has 15 atom stereocenters. The second-order valence-electron chi connectivity index (χ2n) is 10.3. The quantitative estimate of drug-likeness (QED) is 0.116. The average molecular weight is 569 g/mol. The van der Waals surface area contributed by atoms with Gasteiger partial charge in [0.15, 0.2) is 12.6 Å². The summed E-state index contributed by atoms with van der Waals surface area (Å²) in [6, 6.07) is -4.65.